The van der Waals surface area contributed by atoms with Crippen LogP contribution in [-0.2, 0) is 0 Å². The molecule has 1 fully saturated rings. The molecule has 2 aromatic heterocycles. The number of aromatic hydroxyl groups is 1. The molecular formula is C29H39FN6O2S3. The number of ether oxygens (including phenoxy) is 1. The van der Waals surface area contributed by atoms with Gasteiger partial charge in [-0.3, -0.25) is 0 Å². The van der Waals surface area contributed by atoms with E-state index >= 15 is 0 Å². The largest absolute Gasteiger partial charge is 0.507 e. The van der Waals surface area contributed by atoms with Gasteiger partial charge in [0.1, 0.15) is 11.4 Å². The Hall–Kier alpha value is -2.28. The van der Waals surface area contributed by atoms with E-state index in [1.54, 1.807) is 18.3 Å². The fourth-order valence-corrected chi connectivity index (χ4v) is 5.60. The van der Waals surface area contributed by atoms with Crippen LogP contribution in [0.3, 0.4) is 0 Å². The SMILES string of the molecule is CCC[C@@H](CC(C)(CCC)NC)N(c1ncc(-c2ccc(-c3cc(F)nc(OC(S)(S)S)c3)cc2O)nn1)C1CC1. The number of pyridine rings is 1. The van der Waals surface area contributed by atoms with Crippen molar-refractivity contribution in [2.75, 3.05) is 11.9 Å². The number of rotatable bonds is 14. The molecule has 0 saturated heterocycles. The first-order valence-corrected chi connectivity index (χ1v) is 15.3. The van der Waals surface area contributed by atoms with Gasteiger partial charge in [-0.25, -0.2) is 4.98 Å². The Morgan fingerprint density at radius 2 is 1.88 bits per heavy atom. The number of phenolic OH excluding ortho intramolecular Hbond substituents is 1. The number of anilines is 1. The summed E-state index contributed by atoms with van der Waals surface area (Å²) in [4.78, 5) is 10.8. The Morgan fingerprint density at radius 1 is 1.12 bits per heavy atom. The van der Waals surface area contributed by atoms with Crippen molar-refractivity contribution in [3.8, 4) is 34.0 Å². The average Bonchev–Trinajstić information content (AvgIpc) is 3.73. The van der Waals surface area contributed by atoms with Crippen molar-refractivity contribution in [1.29, 1.82) is 0 Å². The van der Waals surface area contributed by atoms with E-state index in [0.29, 0.717) is 40.4 Å². The molecule has 1 aliphatic rings. The number of phenols is 1. The summed E-state index contributed by atoms with van der Waals surface area (Å²) >= 11 is 12.2. The highest BCUT2D eigenvalue weighted by Crippen LogP contribution is 2.38. The molecule has 0 spiro atoms. The lowest BCUT2D eigenvalue weighted by molar-refractivity contribution is 0.288. The van der Waals surface area contributed by atoms with Gasteiger partial charge in [-0.15, -0.1) is 48.1 Å². The number of thiol groups is 3. The molecule has 2 N–H and O–H groups in total. The number of aromatic nitrogens is 4. The summed E-state index contributed by atoms with van der Waals surface area (Å²) in [6, 6.07) is 8.46. The molecule has 1 saturated carbocycles. The van der Waals surface area contributed by atoms with E-state index in [0.717, 1.165) is 44.9 Å². The van der Waals surface area contributed by atoms with Gasteiger partial charge in [0.25, 0.3) is 0 Å². The van der Waals surface area contributed by atoms with Gasteiger partial charge in [-0.05, 0) is 69.3 Å². The van der Waals surface area contributed by atoms with Crippen LogP contribution < -0.4 is 15.0 Å². The minimum Gasteiger partial charge on any atom is -0.507 e. The second-order valence-electron chi connectivity index (χ2n) is 10.9. The van der Waals surface area contributed by atoms with Gasteiger partial charge in [0.15, 0.2) is 0 Å². The Labute approximate surface area is 258 Å². The fourth-order valence-electron chi connectivity index (χ4n) is 5.32. The van der Waals surface area contributed by atoms with Crippen molar-refractivity contribution in [3.63, 3.8) is 0 Å². The highest BCUT2D eigenvalue weighted by Gasteiger charge is 2.38. The summed E-state index contributed by atoms with van der Waals surface area (Å²) in [5, 5.41) is 23.4. The third kappa shape index (κ3) is 8.39. The summed E-state index contributed by atoms with van der Waals surface area (Å²) in [7, 11) is 2.04. The maximum absolute atomic E-state index is 14.2. The first kappa shape index (κ1) is 31.7. The number of benzene rings is 1. The molecule has 12 heteroatoms. The first-order valence-electron chi connectivity index (χ1n) is 14.0. The molecule has 3 aromatic rings. The number of halogens is 1. The Kier molecular flexibility index (Phi) is 10.3. The summed E-state index contributed by atoms with van der Waals surface area (Å²) in [5.41, 5.74) is 1.95. The quantitative estimate of drug-likeness (QED) is 0.0791. The molecule has 0 radical (unpaired) electrons. The van der Waals surface area contributed by atoms with Crippen LogP contribution in [0.15, 0.2) is 36.5 Å². The maximum atomic E-state index is 14.2. The average molecular weight is 619 g/mol. The van der Waals surface area contributed by atoms with Crippen molar-refractivity contribution >= 4 is 43.8 Å². The van der Waals surface area contributed by atoms with E-state index in [1.807, 2.05) is 7.05 Å². The van der Waals surface area contributed by atoms with Crippen LogP contribution in [0.4, 0.5) is 10.3 Å². The highest BCUT2D eigenvalue weighted by molar-refractivity contribution is 8.16. The fraction of sp³-hybridized carbons (Fsp3) is 0.517. The molecule has 1 unspecified atom stereocenters. The van der Waals surface area contributed by atoms with E-state index < -0.39 is 9.54 Å². The standard InChI is InChI=1S/C29H39FN6O2S3/c1-5-7-21(16-28(3,31-4)12-6-2)36(20-9-10-20)27-32-17-23(34-35-27)22-11-8-18(13-24(22)37)19-14-25(30)33-26(15-19)38-29(39,40)41/h8,11,13-15,17,20-21,31,37,39-41H,5-7,9-10,12,16H2,1-4H3/t21-,28?/m0/s1. The lowest BCUT2D eigenvalue weighted by Crippen LogP contribution is -2.49. The Morgan fingerprint density at radius 3 is 2.44 bits per heavy atom. The second kappa shape index (κ2) is 13.4. The molecule has 2 atom stereocenters. The van der Waals surface area contributed by atoms with Crippen LogP contribution in [0.25, 0.3) is 22.4 Å². The normalized spacial score (nSPS) is 15.8. The first-order chi connectivity index (χ1) is 19.4. The molecule has 1 aliphatic carbocycles. The van der Waals surface area contributed by atoms with Crippen LogP contribution in [0, 0.1) is 5.95 Å². The van der Waals surface area contributed by atoms with Gasteiger partial charge in [0.05, 0.1) is 6.20 Å². The van der Waals surface area contributed by atoms with Crippen LogP contribution in [-0.4, -0.2) is 53.5 Å². The third-order valence-corrected chi connectivity index (χ3v) is 7.72. The third-order valence-electron chi connectivity index (χ3n) is 7.45. The zero-order valence-electron chi connectivity index (χ0n) is 23.9. The van der Waals surface area contributed by atoms with Crippen molar-refractivity contribution in [2.24, 2.45) is 0 Å². The molecule has 1 aromatic carbocycles. The molecule has 8 nitrogen and oxygen atoms in total. The molecule has 2 heterocycles. The molecular weight excluding hydrogens is 580 g/mol. The minimum absolute atomic E-state index is 0.0303. The van der Waals surface area contributed by atoms with Crippen molar-refractivity contribution < 1.29 is 14.2 Å². The number of nitrogens with zero attached hydrogens (tertiary/aromatic N) is 5. The van der Waals surface area contributed by atoms with Gasteiger partial charge < -0.3 is 20.1 Å². The molecule has 0 amide bonds. The Bertz CT molecular complexity index is 1320. The van der Waals surface area contributed by atoms with Crippen LogP contribution in [0.1, 0.15) is 65.7 Å². The smallest absolute Gasteiger partial charge is 0.245 e. The molecule has 222 valence electrons. The molecule has 4 rings (SSSR count). The summed E-state index contributed by atoms with van der Waals surface area (Å²) in [6.07, 6.45) is 9.21. The van der Waals surface area contributed by atoms with Crippen LogP contribution >= 0.6 is 37.9 Å². The molecule has 0 aliphatic heterocycles. The van der Waals surface area contributed by atoms with Gasteiger partial charge >= 0.3 is 0 Å². The summed E-state index contributed by atoms with van der Waals surface area (Å²) in [6.45, 7) is 6.73. The number of nitrogens with one attached hydrogen (secondary N) is 1. The van der Waals surface area contributed by atoms with Gasteiger partial charge in [-0.2, -0.15) is 9.37 Å². The van der Waals surface area contributed by atoms with Crippen molar-refractivity contribution in [3.05, 3.63) is 42.5 Å². The molecule has 41 heavy (non-hydrogen) atoms. The number of hydrogen-bond acceptors (Lipinski definition) is 11. The number of hydrogen-bond donors (Lipinski definition) is 5. The minimum atomic E-state index is -1.43. The maximum Gasteiger partial charge on any atom is 0.245 e. The summed E-state index contributed by atoms with van der Waals surface area (Å²) in [5.74, 6) is -0.211. The van der Waals surface area contributed by atoms with E-state index in [-0.39, 0.29) is 17.2 Å². The van der Waals surface area contributed by atoms with E-state index in [1.165, 1.54) is 18.2 Å². The topological polar surface area (TPSA) is 96.3 Å². The van der Waals surface area contributed by atoms with Crippen LogP contribution in [0.5, 0.6) is 11.6 Å². The van der Waals surface area contributed by atoms with Gasteiger partial charge in [0, 0.05) is 35.3 Å². The van der Waals surface area contributed by atoms with E-state index in [2.05, 4.69) is 84.1 Å². The second-order valence-corrected chi connectivity index (χ2v) is 13.9. The lowest BCUT2D eigenvalue weighted by atomic mass is 9.86. The van der Waals surface area contributed by atoms with Crippen molar-refractivity contribution in [2.45, 2.75) is 86.9 Å². The zero-order chi connectivity index (χ0) is 29.8. The predicted octanol–water partition coefficient (Wildman–Crippen LogP) is 6.53. The van der Waals surface area contributed by atoms with Crippen molar-refractivity contribution in [1.82, 2.24) is 25.5 Å². The Balaban J connectivity index is 1.58. The van der Waals surface area contributed by atoms with Gasteiger partial charge in [0.2, 0.25) is 21.4 Å². The monoisotopic (exact) mass is 618 g/mol. The van der Waals surface area contributed by atoms with Gasteiger partial charge in [-0.1, -0.05) is 32.8 Å². The van der Waals surface area contributed by atoms with E-state index in [4.69, 9.17) is 9.72 Å². The zero-order valence-corrected chi connectivity index (χ0v) is 26.6. The van der Waals surface area contributed by atoms with Crippen LogP contribution in [0.2, 0.25) is 0 Å². The predicted molar refractivity (Wildman–Crippen MR) is 172 cm³/mol. The lowest BCUT2D eigenvalue weighted by Gasteiger charge is -2.39. The van der Waals surface area contributed by atoms with E-state index in [9.17, 15) is 9.50 Å². The highest BCUT2D eigenvalue weighted by atomic mass is 32.2. The summed E-state index contributed by atoms with van der Waals surface area (Å²) < 4.78 is 18.1. The molecule has 0 bridgehead atoms.